The molecule has 1 aromatic carbocycles. The van der Waals surface area contributed by atoms with Gasteiger partial charge < -0.3 is 10.1 Å². The molecule has 0 saturated heterocycles. The molecule has 3 amide bonds. The van der Waals surface area contributed by atoms with Crippen molar-refractivity contribution in [1.29, 1.82) is 0 Å². The molecule has 0 bridgehead atoms. The van der Waals surface area contributed by atoms with Crippen LogP contribution in [0, 0.1) is 0 Å². The van der Waals surface area contributed by atoms with Crippen molar-refractivity contribution in [3.05, 3.63) is 34.6 Å². The summed E-state index contributed by atoms with van der Waals surface area (Å²) >= 11 is 1.15. The fourth-order valence-corrected chi connectivity index (χ4v) is 3.47. The lowest BCUT2D eigenvalue weighted by Gasteiger charge is -2.16. The first-order chi connectivity index (χ1) is 13.5. The number of hydrogen-bond acceptors (Lipinski definition) is 6. The van der Waals surface area contributed by atoms with Gasteiger partial charge in [-0.25, -0.2) is 9.78 Å². The van der Waals surface area contributed by atoms with E-state index < -0.39 is 17.2 Å². The fourth-order valence-electron chi connectivity index (χ4n) is 2.53. The van der Waals surface area contributed by atoms with Gasteiger partial charge in [0.05, 0.1) is 16.2 Å². The molecule has 0 fully saturated rings. The molecule has 2 aromatic rings. The molecular weight excluding hydrogens is 380 g/mol. The molecule has 0 saturated carbocycles. The van der Waals surface area contributed by atoms with Crippen molar-refractivity contribution in [3.63, 3.8) is 0 Å². The van der Waals surface area contributed by atoms with Crippen molar-refractivity contribution < 1.29 is 14.3 Å². The third-order valence-electron chi connectivity index (χ3n) is 3.93. The molecule has 8 nitrogen and oxygen atoms in total. The van der Waals surface area contributed by atoms with Crippen LogP contribution in [0.15, 0.2) is 34.2 Å². The van der Waals surface area contributed by atoms with E-state index in [1.165, 1.54) is 0 Å². The number of urea groups is 1. The Morgan fingerprint density at radius 1 is 1.29 bits per heavy atom. The molecule has 0 aliphatic carbocycles. The van der Waals surface area contributed by atoms with Gasteiger partial charge in [-0.05, 0) is 39.3 Å². The molecule has 28 heavy (non-hydrogen) atoms. The number of nitrogens with zero attached hydrogens (tertiary/aromatic N) is 2. The highest BCUT2D eigenvalue weighted by Crippen LogP contribution is 2.23. The van der Waals surface area contributed by atoms with E-state index in [1.807, 2.05) is 13.0 Å². The Labute approximate surface area is 168 Å². The number of amides is 3. The molecule has 0 spiro atoms. The predicted molar refractivity (Wildman–Crippen MR) is 110 cm³/mol. The van der Waals surface area contributed by atoms with E-state index in [9.17, 15) is 14.4 Å². The van der Waals surface area contributed by atoms with E-state index in [0.29, 0.717) is 48.8 Å². The van der Waals surface area contributed by atoms with Gasteiger partial charge in [-0.3, -0.25) is 19.5 Å². The van der Waals surface area contributed by atoms with Crippen LogP contribution < -0.4 is 16.2 Å². The number of benzene rings is 1. The smallest absolute Gasteiger partial charge is 0.321 e. The number of nitrogens with one attached hydrogen (secondary N) is 2. The average molecular weight is 407 g/mol. The molecule has 0 aliphatic rings. The van der Waals surface area contributed by atoms with Crippen LogP contribution in [0.2, 0.25) is 0 Å². The first kappa shape index (κ1) is 21.9. The minimum absolute atomic E-state index is 0.152. The van der Waals surface area contributed by atoms with E-state index in [0.717, 1.165) is 11.8 Å². The summed E-state index contributed by atoms with van der Waals surface area (Å²) in [6, 6.07) is 6.58. The summed E-state index contributed by atoms with van der Waals surface area (Å²) in [7, 11) is 0. The quantitative estimate of drug-likeness (QED) is 0.376. The van der Waals surface area contributed by atoms with Gasteiger partial charge in [-0.1, -0.05) is 23.9 Å². The third-order valence-corrected chi connectivity index (χ3v) is 5.02. The number of hydrogen-bond donors (Lipinski definition) is 2. The van der Waals surface area contributed by atoms with Crippen LogP contribution in [0.25, 0.3) is 10.9 Å². The Morgan fingerprint density at radius 3 is 2.75 bits per heavy atom. The topological polar surface area (TPSA) is 102 Å². The Hall–Kier alpha value is -2.39. The Bertz CT molecular complexity index is 884. The lowest BCUT2D eigenvalue weighted by molar-refractivity contribution is -0.119. The monoisotopic (exact) mass is 406 g/mol. The van der Waals surface area contributed by atoms with Crippen molar-refractivity contribution >= 4 is 34.6 Å². The van der Waals surface area contributed by atoms with Crippen LogP contribution in [-0.2, 0) is 16.1 Å². The lowest BCUT2D eigenvalue weighted by Crippen LogP contribution is -2.42. The Morgan fingerprint density at radius 2 is 2.04 bits per heavy atom. The number of aromatic nitrogens is 2. The summed E-state index contributed by atoms with van der Waals surface area (Å²) in [6.07, 6.45) is 0.654. The summed E-state index contributed by atoms with van der Waals surface area (Å²) in [5.41, 5.74) is 0.424. The Balaban J connectivity index is 2.26. The summed E-state index contributed by atoms with van der Waals surface area (Å²) < 4.78 is 6.93. The first-order valence-corrected chi connectivity index (χ1v) is 10.2. The number of imide groups is 1. The van der Waals surface area contributed by atoms with Gasteiger partial charge in [0, 0.05) is 26.3 Å². The zero-order valence-corrected chi connectivity index (χ0v) is 17.2. The van der Waals surface area contributed by atoms with Crippen LogP contribution in [0.1, 0.15) is 27.2 Å². The molecule has 0 radical (unpaired) electrons. The van der Waals surface area contributed by atoms with Crippen molar-refractivity contribution in [1.82, 2.24) is 20.2 Å². The zero-order chi connectivity index (χ0) is 20.5. The number of ether oxygens (including phenoxy) is 1. The molecule has 152 valence electrons. The van der Waals surface area contributed by atoms with Crippen LogP contribution >= 0.6 is 11.8 Å². The highest BCUT2D eigenvalue weighted by atomic mass is 32.2. The van der Waals surface area contributed by atoms with Gasteiger partial charge in [0.2, 0.25) is 5.91 Å². The molecule has 1 aromatic heterocycles. The van der Waals surface area contributed by atoms with Gasteiger partial charge >= 0.3 is 6.03 Å². The summed E-state index contributed by atoms with van der Waals surface area (Å²) in [5.74, 6) is -0.445. The lowest BCUT2D eigenvalue weighted by atomic mass is 10.2. The van der Waals surface area contributed by atoms with Gasteiger partial charge in [0.1, 0.15) is 0 Å². The molecule has 1 atom stereocenters. The number of carbonyl (C=O) groups excluding carboxylic acids is 2. The average Bonchev–Trinajstić information content (AvgIpc) is 2.67. The summed E-state index contributed by atoms with van der Waals surface area (Å²) in [6.45, 7) is 7.36. The number of carbonyl (C=O) groups is 2. The second-order valence-electron chi connectivity index (χ2n) is 6.03. The molecule has 0 unspecified atom stereocenters. The predicted octanol–water partition coefficient (Wildman–Crippen LogP) is 2.15. The molecule has 9 heteroatoms. The van der Waals surface area contributed by atoms with Crippen molar-refractivity contribution in [3.8, 4) is 0 Å². The van der Waals surface area contributed by atoms with E-state index in [2.05, 4.69) is 15.6 Å². The highest BCUT2D eigenvalue weighted by Gasteiger charge is 2.20. The maximum Gasteiger partial charge on any atom is 0.321 e. The SMILES string of the molecule is CCNC(=O)NC(=O)[C@@H](C)Sc1nc2ccccc2c(=O)n1CCCOCC. The number of thioether (sulfide) groups is 1. The van der Waals surface area contributed by atoms with Gasteiger partial charge in [-0.15, -0.1) is 0 Å². The standard InChI is InChI=1S/C19H26N4O4S/c1-4-20-18(26)22-16(24)13(3)28-19-21-15-10-7-6-9-14(15)17(25)23(19)11-8-12-27-5-2/h6-7,9-10,13H,4-5,8,11-12H2,1-3H3,(H2,20,22,24,26)/t13-/m1/s1. The number of fused-ring (bicyclic) bond motifs is 1. The Kier molecular flexibility index (Phi) is 8.46. The second kappa shape index (κ2) is 10.8. The van der Waals surface area contributed by atoms with Crippen molar-refractivity contribution in [2.75, 3.05) is 19.8 Å². The molecular formula is C19H26N4O4S. The number of para-hydroxylation sites is 1. The number of rotatable bonds is 9. The van der Waals surface area contributed by atoms with Crippen molar-refractivity contribution in [2.45, 2.75) is 44.1 Å². The highest BCUT2D eigenvalue weighted by molar-refractivity contribution is 8.00. The zero-order valence-electron chi connectivity index (χ0n) is 16.4. The second-order valence-corrected chi connectivity index (χ2v) is 7.34. The van der Waals surface area contributed by atoms with Crippen molar-refractivity contribution in [2.24, 2.45) is 0 Å². The van der Waals surface area contributed by atoms with Crippen LogP contribution in [-0.4, -0.2) is 46.5 Å². The maximum atomic E-state index is 12.9. The van der Waals surface area contributed by atoms with E-state index in [1.54, 1.807) is 36.6 Å². The molecule has 2 N–H and O–H groups in total. The fraction of sp³-hybridized carbons (Fsp3) is 0.474. The van der Waals surface area contributed by atoms with Crippen LogP contribution in [0.5, 0.6) is 0 Å². The van der Waals surface area contributed by atoms with Crippen LogP contribution in [0.3, 0.4) is 0 Å². The van der Waals surface area contributed by atoms with E-state index >= 15 is 0 Å². The third kappa shape index (κ3) is 5.80. The van der Waals surface area contributed by atoms with E-state index in [-0.39, 0.29) is 5.56 Å². The summed E-state index contributed by atoms with van der Waals surface area (Å²) in [4.78, 5) is 41.3. The van der Waals surface area contributed by atoms with Gasteiger partial charge in [0.15, 0.2) is 5.16 Å². The van der Waals surface area contributed by atoms with Gasteiger partial charge in [0.25, 0.3) is 5.56 Å². The van der Waals surface area contributed by atoms with Gasteiger partial charge in [-0.2, -0.15) is 0 Å². The minimum Gasteiger partial charge on any atom is -0.382 e. The summed E-state index contributed by atoms with van der Waals surface area (Å²) in [5, 5.41) is 5.17. The van der Waals surface area contributed by atoms with Crippen LogP contribution in [0.4, 0.5) is 4.79 Å². The van der Waals surface area contributed by atoms with E-state index in [4.69, 9.17) is 4.74 Å². The molecule has 0 aliphatic heterocycles. The molecule has 1 heterocycles. The largest absolute Gasteiger partial charge is 0.382 e. The minimum atomic E-state index is -0.603. The normalized spacial score (nSPS) is 12.0. The molecule has 2 rings (SSSR count). The maximum absolute atomic E-state index is 12.9. The first-order valence-electron chi connectivity index (χ1n) is 9.30.